The molecule has 6 rings (SSSR count). The molecule has 3 N–H and O–H groups in total. The highest BCUT2D eigenvalue weighted by molar-refractivity contribution is 7.90. The molecule has 2 heterocycles. The Hall–Kier alpha value is -4.52. The van der Waals surface area contributed by atoms with Crippen LogP contribution in [-0.2, 0) is 31.3 Å². The highest BCUT2D eigenvalue weighted by atomic mass is 32.2. The zero-order valence-corrected chi connectivity index (χ0v) is 24.7. The van der Waals surface area contributed by atoms with E-state index in [0.717, 1.165) is 16.7 Å². The molecule has 0 aliphatic carbocycles. The molecule has 0 bridgehead atoms. The summed E-state index contributed by atoms with van der Waals surface area (Å²) in [7, 11) is -6.20. The molecule has 1 fully saturated rings. The van der Waals surface area contributed by atoms with Gasteiger partial charge in [0.25, 0.3) is 0 Å². The first kappa shape index (κ1) is 28.6. The number of carbonyl (C=O) groups excluding carboxylic acids is 1. The van der Waals surface area contributed by atoms with Crippen molar-refractivity contribution in [1.29, 1.82) is 0 Å². The Morgan fingerprint density at radius 1 is 0.953 bits per heavy atom. The lowest BCUT2D eigenvalue weighted by Crippen LogP contribution is -2.31. The molecule has 0 radical (unpaired) electrons. The second-order valence-corrected chi connectivity index (χ2v) is 13.9. The predicted octanol–water partition coefficient (Wildman–Crippen LogP) is 4.39. The number of carbonyl (C=O) groups is 1. The molecule has 1 aliphatic rings. The average molecular weight is 617 g/mol. The molecule has 0 spiro atoms. The van der Waals surface area contributed by atoms with Crippen molar-refractivity contribution in [1.82, 2.24) is 19.4 Å². The standard InChI is InChI=1S/C31H28N4O6S2/c1-41-24-13-16-26-27(18-24)33-31(32-26)28(17-20-7-9-23(10-8-20)29-19-30(36)35-43(29,39)40)34-42(37,38)25-14-11-22(12-15-25)21-5-3-2-4-6-21/h2-16,18,28-29,34H,17,19H2,1H3,(H,32,33)(H,35,36)/t28-,29?/m0/s1. The van der Waals surface area contributed by atoms with Gasteiger partial charge in [-0.3, -0.25) is 9.52 Å². The van der Waals surface area contributed by atoms with Gasteiger partial charge in [-0.05, 0) is 52.9 Å². The number of nitrogens with zero attached hydrogens (tertiary/aromatic N) is 1. The summed E-state index contributed by atoms with van der Waals surface area (Å²) in [6, 6.07) is 27.6. The van der Waals surface area contributed by atoms with Gasteiger partial charge >= 0.3 is 0 Å². The summed E-state index contributed by atoms with van der Waals surface area (Å²) in [4.78, 5) is 19.7. The number of aromatic amines is 1. The van der Waals surface area contributed by atoms with Crippen LogP contribution in [0.25, 0.3) is 22.2 Å². The Labute approximate surface area is 249 Å². The van der Waals surface area contributed by atoms with Crippen molar-refractivity contribution < 1.29 is 26.4 Å². The number of rotatable bonds is 9. The smallest absolute Gasteiger partial charge is 0.242 e. The second-order valence-electron chi connectivity index (χ2n) is 10.3. The molecule has 10 nitrogen and oxygen atoms in total. The molecule has 12 heteroatoms. The molecule has 5 aromatic rings. The van der Waals surface area contributed by atoms with Crippen molar-refractivity contribution >= 4 is 37.0 Å². The predicted molar refractivity (Wildman–Crippen MR) is 162 cm³/mol. The zero-order valence-electron chi connectivity index (χ0n) is 23.0. The van der Waals surface area contributed by atoms with Crippen molar-refractivity contribution in [2.45, 2.75) is 29.0 Å². The van der Waals surface area contributed by atoms with Gasteiger partial charge in [-0.1, -0.05) is 66.7 Å². The number of fused-ring (bicyclic) bond motifs is 1. The average Bonchev–Trinajstić information content (AvgIpc) is 3.56. The summed E-state index contributed by atoms with van der Waals surface area (Å²) < 4.78 is 62.0. The van der Waals surface area contributed by atoms with Crippen molar-refractivity contribution in [3.8, 4) is 16.9 Å². The van der Waals surface area contributed by atoms with Gasteiger partial charge in [0.1, 0.15) is 16.8 Å². The number of hydrogen-bond donors (Lipinski definition) is 3. The number of hydrogen-bond acceptors (Lipinski definition) is 7. The number of H-pyrrole nitrogens is 1. The van der Waals surface area contributed by atoms with Crippen LogP contribution in [0.3, 0.4) is 0 Å². The molecule has 1 unspecified atom stereocenters. The van der Waals surface area contributed by atoms with Gasteiger partial charge in [-0.15, -0.1) is 0 Å². The van der Waals surface area contributed by atoms with Crippen LogP contribution >= 0.6 is 0 Å². The molecule has 1 saturated heterocycles. The molecule has 4 aromatic carbocycles. The Morgan fingerprint density at radius 2 is 1.65 bits per heavy atom. The van der Waals surface area contributed by atoms with Gasteiger partial charge in [-0.25, -0.2) is 26.5 Å². The third-order valence-electron chi connectivity index (χ3n) is 7.40. The molecular weight excluding hydrogens is 588 g/mol. The van der Waals surface area contributed by atoms with Crippen molar-refractivity contribution in [2.24, 2.45) is 0 Å². The fourth-order valence-electron chi connectivity index (χ4n) is 5.16. The van der Waals surface area contributed by atoms with Crippen LogP contribution in [0.4, 0.5) is 0 Å². The Kier molecular flexibility index (Phi) is 7.50. The number of sulfonamides is 2. The summed E-state index contributed by atoms with van der Waals surface area (Å²) in [5.41, 5.74) is 4.42. The third-order valence-corrected chi connectivity index (χ3v) is 10.6. The van der Waals surface area contributed by atoms with Crippen LogP contribution in [0.5, 0.6) is 5.75 Å². The quantitative estimate of drug-likeness (QED) is 0.223. The maximum absolute atomic E-state index is 13.6. The van der Waals surface area contributed by atoms with Crippen molar-refractivity contribution in [3.63, 3.8) is 0 Å². The number of aromatic nitrogens is 2. The van der Waals surface area contributed by atoms with E-state index in [9.17, 15) is 21.6 Å². The molecule has 2 atom stereocenters. The first-order valence-corrected chi connectivity index (χ1v) is 16.5. The van der Waals surface area contributed by atoms with Gasteiger partial charge in [0, 0.05) is 6.07 Å². The summed E-state index contributed by atoms with van der Waals surface area (Å²) in [6.45, 7) is 0. The summed E-state index contributed by atoms with van der Waals surface area (Å²) in [6.07, 6.45) is 0.0722. The van der Waals surface area contributed by atoms with Crippen molar-refractivity contribution in [2.75, 3.05) is 7.11 Å². The fraction of sp³-hybridized carbons (Fsp3) is 0.161. The monoisotopic (exact) mass is 616 g/mol. The maximum Gasteiger partial charge on any atom is 0.242 e. The number of ether oxygens (including phenoxy) is 1. The Morgan fingerprint density at radius 3 is 2.30 bits per heavy atom. The minimum absolute atomic E-state index is 0.105. The molecule has 1 aromatic heterocycles. The molecule has 43 heavy (non-hydrogen) atoms. The highest BCUT2D eigenvalue weighted by Crippen LogP contribution is 2.31. The van der Waals surface area contributed by atoms with E-state index in [4.69, 9.17) is 4.74 Å². The van der Waals surface area contributed by atoms with E-state index in [1.165, 1.54) is 0 Å². The van der Waals surface area contributed by atoms with Crippen LogP contribution in [0.2, 0.25) is 0 Å². The Bertz CT molecular complexity index is 2010. The minimum atomic E-state index is -3.98. The van der Waals surface area contributed by atoms with E-state index < -0.39 is 37.2 Å². The van der Waals surface area contributed by atoms with Crippen LogP contribution in [-0.4, -0.2) is 39.8 Å². The number of benzene rings is 4. The summed E-state index contributed by atoms with van der Waals surface area (Å²) in [5.74, 6) is 0.496. The van der Waals surface area contributed by atoms with E-state index in [-0.39, 0.29) is 17.7 Å². The SMILES string of the molecule is COc1ccc2nc([C@H](Cc3ccc(C4CC(=O)NS4(=O)=O)cc3)NS(=O)(=O)c3ccc(-c4ccccc4)cc3)[nH]c2c1. The fourth-order valence-corrected chi connectivity index (χ4v) is 7.79. The lowest BCUT2D eigenvalue weighted by molar-refractivity contribution is -0.118. The van der Waals surface area contributed by atoms with E-state index in [1.54, 1.807) is 73.8 Å². The number of methoxy groups -OCH3 is 1. The maximum atomic E-state index is 13.6. The lowest BCUT2D eigenvalue weighted by atomic mass is 10.0. The van der Waals surface area contributed by atoms with Crippen LogP contribution < -0.4 is 14.2 Å². The van der Waals surface area contributed by atoms with Crippen LogP contribution in [0.15, 0.2) is 102 Å². The van der Waals surface area contributed by atoms with E-state index in [2.05, 4.69) is 14.7 Å². The zero-order chi connectivity index (χ0) is 30.2. The molecule has 1 amide bonds. The first-order chi connectivity index (χ1) is 20.6. The highest BCUT2D eigenvalue weighted by Gasteiger charge is 2.37. The van der Waals surface area contributed by atoms with E-state index in [1.807, 2.05) is 35.1 Å². The van der Waals surface area contributed by atoms with Crippen LogP contribution in [0, 0.1) is 0 Å². The van der Waals surface area contributed by atoms with E-state index in [0.29, 0.717) is 28.2 Å². The van der Waals surface area contributed by atoms with Crippen molar-refractivity contribution in [3.05, 3.63) is 114 Å². The normalized spacial score (nSPS) is 17.0. The topological polar surface area (TPSA) is 147 Å². The van der Waals surface area contributed by atoms with Gasteiger partial charge in [0.05, 0.1) is 35.5 Å². The minimum Gasteiger partial charge on any atom is -0.497 e. The number of nitrogens with one attached hydrogen (secondary N) is 3. The third kappa shape index (κ3) is 6.03. The van der Waals surface area contributed by atoms with E-state index >= 15 is 0 Å². The number of imidazole rings is 1. The second kappa shape index (κ2) is 11.3. The van der Waals surface area contributed by atoms with Gasteiger partial charge in [0.2, 0.25) is 26.0 Å². The number of amides is 1. The van der Waals surface area contributed by atoms with Crippen LogP contribution in [0.1, 0.15) is 34.7 Å². The largest absolute Gasteiger partial charge is 0.497 e. The van der Waals surface area contributed by atoms with Gasteiger partial charge in [-0.2, -0.15) is 0 Å². The lowest BCUT2D eigenvalue weighted by Gasteiger charge is -2.18. The molecule has 1 aliphatic heterocycles. The first-order valence-electron chi connectivity index (χ1n) is 13.5. The summed E-state index contributed by atoms with van der Waals surface area (Å²) >= 11 is 0. The van der Waals surface area contributed by atoms with Gasteiger partial charge in [0.15, 0.2) is 0 Å². The molecular formula is C31H28N4O6S2. The molecule has 0 saturated carbocycles. The molecule has 220 valence electrons. The summed E-state index contributed by atoms with van der Waals surface area (Å²) in [5, 5.41) is -0.965. The Balaban J connectivity index is 1.31. The van der Waals surface area contributed by atoms with Gasteiger partial charge < -0.3 is 9.72 Å².